The Hall–Kier alpha value is -1.50. The van der Waals surface area contributed by atoms with Gasteiger partial charge in [-0.1, -0.05) is 30.4 Å². The molecule has 1 heteroatoms. The molecule has 0 fully saturated rings. The predicted molar refractivity (Wildman–Crippen MR) is 62.5 cm³/mol. The molecule has 0 heterocycles. The third kappa shape index (κ3) is 1.72. The molecule has 1 aliphatic carbocycles. The molecule has 2 rings (SSSR count). The van der Waals surface area contributed by atoms with Crippen molar-refractivity contribution in [3.63, 3.8) is 0 Å². The van der Waals surface area contributed by atoms with Gasteiger partial charge in [-0.25, -0.2) is 0 Å². The summed E-state index contributed by atoms with van der Waals surface area (Å²) in [7, 11) is 4.13. The van der Waals surface area contributed by atoms with Crippen molar-refractivity contribution < 1.29 is 0 Å². The maximum absolute atomic E-state index is 2.26. The van der Waals surface area contributed by atoms with Gasteiger partial charge in [-0.05, 0) is 29.7 Å². The summed E-state index contributed by atoms with van der Waals surface area (Å²) < 4.78 is 0. The minimum atomic E-state index is 1.07. The number of hydrogen-bond donors (Lipinski definition) is 0. The summed E-state index contributed by atoms with van der Waals surface area (Å²) in [6.07, 6.45) is 7.71. The molecule has 1 nitrogen and oxygen atoms in total. The van der Waals surface area contributed by atoms with Gasteiger partial charge in [-0.3, -0.25) is 0 Å². The van der Waals surface area contributed by atoms with Gasteiger partial charge in [0, 0.05) is 19.8 Å². The SMILES string of the molecule is CN(C)c1cccc(C2=CCC=C2)c1. The molecular formula is C13H15N. The zero-order valence-corrected chi connectivity index (χ0v) is 8.70. The van der Waals surface area contributed by atoms with Crippen molar-refractivity contribution in [1.29, 1.82) is 0 Å². The number of rotatable bonds is 2. The summed E-state index contributed by atoms with van der Waals surface area (Å²) in [5.41, 5.74) is 3.90. The molecule has 0 aromatic heterocycles. The van der Waals surface area contributed by atoms with E-state index in [4.69, 9.17) is 0 Å². The largest absolute Gasteiger partial charge is 0.378 e. The average Bonchev–Trinajstić information content (AvgIpc) is 2.71. The highest BCUT2D eigenvalue weighted by molar-refractivity contribution is 5.77. The summed E-state index contributed by atoms with van der Waals surface area (Å²) in [4.78, 5) is 2.13. The lowest BCUT2D eigenvalue weighted by molar-refractivity contribution is 1.13. The predicted octanol–water partition coefficient (Wildman–Crippen LogP) is 3.10. The summed E-state index contributed by atoms with van der Waals surface area (Å²) in [5, 5.41) is 0. The van der Waals surface area contributed by atoms with Crippen molar-refractivity contribution in [2.24, 2.45) is 0 Å². The number of anilines is 1. The fourth-order valence-electron chi connectivity index (χ4n) is 1.64. The Bertz CT molecular complexity index is 386. The van der Waals surface area contributed by atoms with Gasteiger partial charge in [0.1, 0.15) is 0 Å². The molecule has 0 atom stereocenters. The monoisotopic (exact) mass is 185 g/mol. The number of benzene rings is 1. The Kier molecular flexibility index (Phi) is 2.40. The minimum Gasteiger partial charge on any atom is -0.378 e. The van der Waals surface area contributed by atoms with Crippen LogP contribution in [-0.2, 0) is 0 Å². The van der Waals surface area contributed by atoms with E-state index < -0.39 is 0 Å². The highest BCUT2D eigenvalue weighted by Gasteiger charge is 2.02. The molecule has 0 aliphatic heterocycles. The Morgan fingerprint density at radius 2 is 2.07 bits per heavy atom. The lowest BCUT2D eigenvalue weighted by Gasteiger charge is -2.13. The van der Waals surface area contributed by atoms with Gasteiger partial charge in [0.25, 0.3) is 0 Å². The van der Waals surface area contributed by atoms with Crippen LogP contribution in [-0.4, -0.2) is 14.1 Å². The molecule has 0 bridgehead atoms. The van der Waals surface area contributed by atoms with Crippen LogP contribution in [0.5, 0.6) is 0 Å². The molecule has 14 heavy (non-hydrogen) atoms. The number of hydrogen-bond acceptors (Lipinski definition) is 1. The second kappa shape index (κ2) is 3.70. The third-order valence-corrected chi connectivity index (χ3v) is 2.47. The second-order valence-corrected chi connectivity index (χ2v) is 3.74. The molecule has 0 radical (unpaired) electrons. The Morgan fingerprint density at radius 3 is 2.71 bits per heavy atom. The quantitative estimate of drug-likeness (QED) is 0.684. The van der Waals surface area contributed by atoms with Crippen LogP contribution in [0.3, 0.4) is 0 Å². The normalized spacial score (nSPS) is 14.3. The smallest absolute Gasteiger partial charge is 0.0367 e. The molecule has 1 aromatic carbocycles. The molecule has 72 valence electrons. The first-order chi connectivity index (χ1) is 6.77. The van der Waals surface area contributed by atoms with E-state index in [1.54, 1.807) is 0 Å². The van der Waals surface area contributed by atoms with Crippen LogP contribution >= 0.6 is 0 Å². The Balaban J connectivity index is 2.35. The third-order valence-electron chi connectivity index (χ3n) is 2.47. The first-order valence-corrected chi connectivity index (χ1v) is 4.92. The van der Waals surface area contributed by atoms with E-state index in [0.717, 1.165) is 6.42 Å². The summed E-state index contributed by atoms with van der Waals surface area (Å²) >= 11 is 0. The van der Waals surface area contributed by atoms with Crippen molar-refractivity contribution >= 4 is 11.3 Å². The molecule has 0 N–H and O–H groups in total. The van der Waals surface area contributed by atoms with E-state index >= 15 is 0 Å². The van der Waals surface area contributed by atoms with Gasteiger partial charge in [0.05, 0.1) is 0 Å². The summed E-state index contributed by atoms with van der Waals surface area (Å²) in [5.74, 6) is 0. The maximum atomic E-state index is 2.26. The lowest BCUT2D eigenvalue weighted by atomic mass is 10.1. The van der Waals surface area contributed by atoms with Gasteiger partial charge in [0.2, 0.25) is 0 Å². The van der Waals surface area contributed by atoms with Crippen LogP contribution in [0.1, 0.15) is 12.0 Å². The topological polar surface area (TPSA) is 3.24 Å². The molecule has 0 saturated carbocycles. The van der Waals surface area contributed by atoms with Gasteiger partial charge in [0.15, 0.2) is 0 Å². The van der Waals surface area contributed by atoms with E-state index in [1.807, 2.05) is 0 Å². The van der Waals surface area contributed by atoms with Crippen molar-refractivity contribution in [3.8, 4) is 0 Å². The van der Waals surface area contributed by atoms with Crippen LogP contribution in [0.2, 0.25) is 0 Å². The summed E-state index contributed by atoms with van der Waals surface area (Å²) in [6, 6.07) is 8.62. The van der Waals surface area contributed by atoms with Crippen LogP contribution in [0.25, 0.3) is 5.57 Å². The number of allylic oxidation sites excluding steroid dienone is 4. The zero-order chi connectivity index (χ0) is 9.97. The molecule has 1 aliphatic rings. The zero-order valence-electron chi connectivity index (χ0n) is 8.70. The molecule has 0 spiro atoms. The first kappa shape index (κ1) is 9.07. The van der Waals surface area contributed by atoms with Gasteiger partial charge >= 0.3 is 0 Å². The van der Waals surface area contributed by atoms with Crippen molar-refractivity contribution in [2.75, 3.05) is 19.0 Å². The fourth-order valence-corrected chi connectivity index (χ4v) is 1.64. The summed E-state index contributed by atoms with van der Waals surface area (Å²) in [6.45, 7) is 0. The lowest BCUT2D eigenvalue weighted by Crippen LogP contribution is -2.08. The van der Waals surface area contributed by atoms with Crippen LogP contribution in [0.4, 0.5) is 5.69 Å². The maximum Gasteiger partial charge on any atom is 0.0367 e. The molecule has 0 amide bonds. The molecule has 0 saturated heterocycles. The molecule has 1 aromatic rings. The van der Waals surface area contributed by atoms with Gasteiger partial charge in [-0.2, -0.15) is 0 Å². The van der Waals surface area contributed by atoms with Gasteiger partial charge in [-0.15, -0.1) is 0 Å². The average molecular weight is 185 g/mol. The standard InChI is InChI=1S/C13H15N/c1-14(2)13-9-5-8-12(10-13)11-6-3-4-7-11/h3,5-10H,4H2,1-2H3. The van der Waals surface area contributed by atoms with Gasteiger partial charge < -0.3 is 4.90 Å². The molecule has 0 unspecified atom stereocenters. The molecular weight excluding hydrogens is 170 g/mol. The van der Waals surface area contributed by atoms with E-state index in [0.29, 0.717) is 0 Å². The van der Waals surface area contributed by atoms with E-state index in [1.165, 1.54) is 16.8 Å². The second-order valence-electron chi connectivity index (χ2n) is 3.74. The van der Waals surface area contributed by atoms with Crippen molar-refractivity contribution in [3.05, 3.63) is 48.1 Å². The van der Waals surface area contributed by atoms with Crippen molar-refractivity contribution in [1.82, 2.24) is 0 Å². The van der Waals surface area contributed by atoms with Crippen LogP contribution in [0, 0.1) is 0 Å². The Morgan fingerprint density at radius 1 is 1.21 bits per heavy atom. The number of nitrogens with zero attached hydrogens (tertiary/aromatic N) is 1. The van der Waals surface area contributed by atoms with E-state index in [-0.39, 0.29) is 0 Å². The highest BCUT2D eigenvalue weighted by atomic mass is 15.1. The van der Waals surface area contributed by atoms with E-state index in [2.05, 4.69) is 61.5 Å². The minimum absolute atomic E-state index is 1.07. The fraction of sp³-hybridized carbons (Fsp3) is 0.231. The highest BCUT2D eigenvalue weighted by Crippen LogP contribution is 2.24. The van der Waals surface area contributed by atoms with Crippen LogP contribution < -0.4 is 4.90 Å². The van der Waals surface area contributed by atoms with Crippen molar-refractivity contribution in [2.45, 2.75) is 6.42 Å². The van der Waals surface area contributed by atoms with Crippen LogP contribution in [0.15, 0.2) is 42.5 Å². The Labute approximate surface area is 85.4 Å². The first-order valence-electron chi connectivity index (χ1n) is 4.92. The van der Waals surface area contributed by atoms with E-state index in [9.17, 15) is 0 Å².